The largest absolute Gasteiger partial charge is 0.488 e. The number of benzene rings is 3. The van der Waals surface area contributed by atoms with Crippen molar-refractivity contribution in [2.24, 2.45) is 4.99 Å². The van der Waals surface area contributed by atoms with Crippen molar-refractivity contribution in [3.05, 3.63) is 101 Å². The van der Waals surface area contributed by atoms with Crippen LogP contribution in [0.3, 0.4) is 0 Å². The van der Waals surface area contributed by atoms with Crippen LogP contribution >= 0.6 is 11.8 Å². The SMILES string of the molecule is CC(C)N1C(=O)/C(=C\c2ccccc2OCc2ccccc2)SC1=Nc1ccccc1. The van der Waals surface area contributed by atoms with E-state index < -0.39 is 0 Å². The summed E-state index contributed by atoms with van der Waals surface area (Å²) in [5.74, 6) is 0.712. The fraction of sp³-hybridized carbons (Fsp3) is 0.154. The Bertz CT molecular complexity index is 1110. The summed E-state index contributed by atoms with van der Waals surface area (Å²) in [4.78, 5) is 20.3. The van der Waals surface area contributed by atoms with Gasteiger partial charge in [-0.2, -0.15) is 0 Å². The molecule has 0 aliphatic carbocycles. The van der Waals surface area contributed by atoms with Crippen LogP contribution in [0.1, 0.15) is 25.0 Å². The van der Waals surface area contributed by atoms with E-state index in [1.54, 1.807) is 4.90 Å². The first-order valence-corrected chi connectivity index (χ1v) is 11.1. The number of ether oxygens (including phenoxy) is 1. The Balaban J connectivity index is 1.61. The minimum Gasteiger partial charge on any atom is -0.488 e. The fourth-order valence-corrected chi connectivity index (χ4v) is 4.35. The lowest BCUT2D eigenvalue weighted by molar-refractivity contribution is -0.123. The summed E-state index contributed by atoms with van der Waals surface area (Å²) >= 11 is 1.40. The summed E-state index contributed by atoms with van der Waals surface area (Å²) < 4.78 is 6.06. The van der Waals surface area contributed by atoms with Crippen molar-refractivity contribution < 1.29 is 9.53 Å². The second-order valence-electron chi connectivity index (χ2n) is 7.42. The Morgan fingerprint density at radius 3 is 2.29 bits per heavy atom. The second kappa shape index (κ2) is 9.67. The third kappa shape index (κ3) is 5.06. The summed E-state index contributed by atoms with van der Waals surface area (Å²) in [5.41, 5.74) is 2.80. The number of aliphatic imine (C=N–C) groups is 1. The van der Waals surface area contributed by atoms with Gasteiger partial charge in [0, 0.05) is 11.6 Å². The van der Waals surface area contributed by atoms with Gasteiger partial charge in [-0.1, -0.05) is 66.7 Å². The molecule has 31 heavy (non-hydrogen) atoms. The van der Waals surface area contributed by atoms with E-state index in [9.17, 15) is 4.79 Å². The van der Waals surface area contributed by atoms with Crippen LogP contribution < -0.4 is 4.74 Å². The number of amidine groups is 1. The van der Waals surface area contributed by atoms with Crippen molar-refractivity contribution in [2.45, 2.75) is 26.5 Å². The van der Waals surface area contributed by atoms with Crippen LogP contribution in [0, 0.1) is 0 Å². The smallest absolute Gasteiger partial charge is 0.266 e. The number of rotatable bonds is 6. The maximum Gasteiger partial charge on any atom is 0.266 e. The number of para-hydroxylation sites is 2. The van der Waals surface area contributed by atoms with Gasteiger partial charge in [0.05, 0.1) is 10.6 Å². The molecule has 1 saturated heterocycles. The molecule has 1 fully saturated rings. The van der Waals surface area contributed by atoms with Crippen molar-refractivity contribution in [1.82, 2.24) is 4.90 Å². The monoisotopic (exact) mass is 428 g/mol. The Kier molecular flexibility index (Phi) is 6.53. The van der Waals surface area contributed by atoms with E-state index in [1.165, 1.54) is 11.8 Å². The minimum absolute atomic E-state index is 0.0120. The molecule has 1 amide bonds. The van der Waals surface area contributed by atoms with Gasteiger partial charge in [0.1, 0.15) is 12.4 Å². The number of hydrogen-bond donors (Lipinski definition) is 0. The molecule has 0 radical (unpaired) electrons. The Morgan fingerprint density at radius 1 is 0.935 bits per heavy atom. The molecule has 3 aromatic carbocycles. The number of carbonyl (C=O) groups excluding carboxylic acids is 1. The Hall–Kier alpha value is -3.31. The summed E-state index contributed by atoms with van der Waals surface area (Å²) in [7, 11) is 0. The molecule has 5 heteroatoms. The molecule has 0 atom stereocenters. The van der Waals surface area contributed by atoms with Crippen molar-refractivity contribution in [2.75, 3.05) is 0 Å². The molecule has 4 nitrogen and oxygen atoms in total. The van der Waals surface area contributed by atoms with Gasteiger partial charge in [-0.3, -0.25) is 9.69 Å². The molecule has 156 valence electrons. The summed E-state index contributed by atoms with van der Waals surface area (Å²) in [6.07, 6.45) is 1.90. The zero-order valence-corrected chi connectivity index (χ0v) is 18.4. The first-order valence-electron chi connectivity index (χ1n) is 10.2. The molecule has 0 saturated carbocycles. The van der Waals surface area contributed by atoms with Gasteiger partial charge in [0.25, 0.3) is 5.91 Å². The van der Waals surface area contributed by atoms with E-state index in [0.29, 0.717) is 16.7 Å². The molecule has 0 unspecified atom stereocenters. The molecule has 0 spiro atoms. The van der Waals surface area contributed by atoms with E-state index in [2.05, 4.69) is 0 Å². The van der Waals surface area contributed by atoms with E-state index in [1.807, 2.05) is 105 Å². The zero-order valence-electron chi connectivity index (χ0n) is 17.6. The Labute approximate surface area is 187 Å². The molecule has 0 N–H and O–H groups in total. The van der Waals surface area contributed by atoms with E-state index in [-0.39, 0.29) is 11.9 Å². The van der Waals surface area contributed by atoms with Crippen LogP contribution in [0.4, 0.5) is 5.69 Å². The van der Waals surface area contributed by atoms with E-state index in [0.717, 1.165) is 22.6 Å². The first kappa shape index (κ1) is 20.9. The molecule has 1 aliphatic rings. The molecule has 0 aromatic heterocycles. The van der Waals surface area contributed by atoms with Crippen LogP contribution in [0.15, 0.2) is 94.8 Å². The van der Waals surface area contributed by atoms with Gasteiger partial charge >= 0.3 is 0 Å². The third-order valence-electron chi connectivity index (χ3n) is 4.78. The lowest BCUT2D eigenvalue weighted by Crippen LogP contribution is -2.35. The Morgan fingerprint density at radius 2 is 1.58 bits per heavy atom. The quantitative estimate of drug-likeness (QED) is 0.434. The van der Waals surface area contributed by atoms with Crippen LogP contribution in [-0.4, -0.2) is 22.0 Å². The van der Waals surface area contributed by atoms with Crippen LogP contribution in [-0.2, 0) is 11.4 Å². The number of nitrogens with zero attached hydrogens (tertiary/aromatic N) is 2. The first-order chi connectivity index (χ1) is 15.1. The van der Waals surface area contributed by atoms with Crippen molar-refractivity contribution >= 4 is 34.6 Å². The number of hydrogen-bond acceptors (Lipinski definition) is 4. The number of carbonyl (C=O) groups is 1. The highest BCUT2D eigenvalue weighted by Crippen LogP contribution is 2.36. The van der Waals surface area contributed by atoms with Crippen molar-refractivity contribution in [1.29, 1.82) is 0 Å². The lowest BCUT2D eigenvalue weighted by Gasteiger charge is -2.19. The lowest BCUT2D eigenvalue weighted by atomic mass is 10.1. The third-order valence-corrected chi connectivity index (χ3v) is 5.76. The fourth-order valence-electron chi connectivity index (χ4n) is 3.24. The summed E-state index contributed by atoms with van der Waals surface area (Å²) in [5, 5.41) is 0.695. The predicted molar refractivity (Wildman–Crippen MR) is 128 cm³/mol. The summed E-state index contributed by atoms with van der Waals surface area (Å²) in [6, 6.07) is 27.5. The van der Waals surface area contributed by atoms with Crippen LogP contribution in [0.5, 0.6) is 5.75 Å². The molecular formula is C26H24N2O2S. The highest BCUT2D eigenvalue weighted by atomic mass is 32.2. The van der Waals surface area contributed by atoms with Gasteiger partial charge < -0.3 is 4.74 Å². The maximum absolute atomic E-state index is 13.2. The second-order valence-corrected chi connectivity index (χ2v) is 8.43. The molecule has 1 aliphatic heterocycles. The summed E-state index contributed by atoms with van der Waals surface area (Å²) in [6.45, 7) is 4.47. The normalized spacial score (nSPS) is 16.5. The highest BCUT2D eigenvalue weighted by Gasteiger charge is 2.35. The number of amides is 1. The topological polar surface area (TPSA) is 41.9 Å². The van der Waals surface area contributed by atoms with Crippen LogP contribution in [0.25, 0.3) is 6.08 Å². The van der Waals surface area contributed by atoms with Gasteiger partial charge in [-0.25, -0.2) is 4.99 Å². The molecule has 1 heterocycles. The number of thioether (sulfide) groups is 1. The average molecular weight is 429 g/mol. The maximum atomic E-state index is 13.2. The van der Waals surface area contributed by atoms with E-state index >= 15 is 0 Å². The zero-order chi connectivity index (χ0) is 21.6. The van der Waals surface area contributed by atoms with Crippen molar-refractivity contribution in [3.8, 4) is 5.75 Å². The molecular weight excluding hydrogens is 404 g/mol. The molecule has 4 rings (SSSR count). The van der Waals surface area contributed by atoms with Crippen LogP contribution in [0.2, 0.25) is 0 Å². The minimum atomic E-state index is -0.0347. The van der Waals surface area contributed by atoms with Crippen molar-refractivity contribution in [3.63, 3.8) is 0 Å². The standard InChI is InChI=1S/C26H24N2O2S/c1-19(2)28-25(29)24(31-26(28)27-22-14-7-4-8-15-22)17-21-13-9-10-16-23(21)30-18-20-11-5-3-6-12-20/h3-17,19H,18H2,1-2H3/b24-17+,27-26?. The predicted octanol–water partition coefficient (Wildman–Crippen LogP) is 6.28. The molecule has 3 aromatic rings. The van der Waals surface area contributed by atoms with E-state index in [4.69, 9.17) is 9.73 Å². The van der Waals surface area contributed by atoms with Gasteiger partial charge in [0.15, 0.2) is 5.17 Å². The highest BCUT2D eigenvalue weighted by molar-refractivity contribution is 8.18. The van der Waals surface area contributed by atoms with Gasteiger partial charge in [-0.05, 0) is 55.4 Å². The average Bonchev–Trinajstić information content (AvgIpc) is 3.09. The molecule has 0 bridgehead atoms. The van der Waals surface area contributed by atoms with Gasteiger partial charge in [0.2, 0.25) is 0 Å². The van der Waals surface area contributed by atoms with Gasteiger partial charge in [-0.15, -0.1) is 0 Å².